The monoisotopic (exact) mass is 264 g/mol. The van der Waals surface area contributed by atoms with Gasteiger partial charge in [-0.2, -0.15) is 0 Å². The predicted molar refractivity (Wildman–Crippen MR) is 72.6 cm³/mol. The number of pyridine rings is 1. The molecule has 102 valence electrons. The molecular weight excluding hydrogens is 248 g/mol. The van der Waals surface area contributed by atoms with Gasteiger partial charge in [-0.05, 0) is 6.07 Å². The first-order chi connectivity index (χ1) is 9.07. The second-order valence-corrected chi connectivity index (χ2v) is 4.18. The van der Waals surface area contributed by atoms with Gasteiger partial charge in [-0.25, -0.2) is 9.78 Å². The van der Waals surface area contributed by atoms with Gasteiger partial charge in [0.1, 0.15) is 5.39 Å². The molecule has 7 heteroatoms. The number of rotatable bonds is 4. The van der Waals surface area contributed by atoms with E-state index in [0.717, 1.165) is 4.57 Å². The van der Waals surface area contributed by atoms with Crippen molar-refractivity contribution in [2.45, 2.75) is 0 Å². The number of methoxy groups -OCH3 is 1. The van der Waals surface area contributed by atoms with Crippen LogP contribution < -0.4 is 16.6 Å². The number of fused-ring (bicyclic) bond motifs is 1. The smallest absolute Gasteiger partial charge is 0.332 e. The van der Waals surface area contributed by atoms with Crippen LogP contribution in [0.2, 0.25) is 0 Å². The zero-order valence-corrected chi connectivity index (χ0v) is 11.1. The lowest BCUT2D eigenvalue weighted by Gasteiger charge is -2.11. The maximum Gasteiger partial charge on any atom is 0.332 e. The number of nitrogens with zero attached hydrogens (tertiary/aromatic N) is 3. The molecule has 2 heterocycles. The molecule has 0 spiro atoms. The van der Waals surface area contributed by atoms with Crippen LogP contribution >= 0.6 is 0 Å². The largest absolute Gasteiger partial charge is 0.383 e. The van der Waals surface area contributed by atoms with Crippen LogP contribution in [-0.2, 0) is 18.8 Å². The van der Waals surface area contributed by atoms with Crippen LogP contribution in [0.4, 0.5) is 5.69 Å². The summed E-state index contributed by atoms with van der Waals surface area (Å²) >= 11 is 0. The van der Waals surface area contributed by atoms with Crippen LogP contribution in [0.5, 0.6) is 0 Å². The summed E-state index contributed by atoms with van der Waals surface area (Å²) in [6.45, 7) is 1.09. The summed E-state index contributed by atoms with van der Waals surface area (Å²) in [4.78, 5) is 28.1. The van der Waals surface area contributed by atoms with Gasteiger partial charge >= 0.3 is 5.69 Å². The number of ether oxygens (including phenoxy) is 1. The first-order valence-corrected chi connectivity index (χ1v) is 5.85. The molecule has 0 aliphatic heterocycles. The SMILES string of the molecule is COCCNc1ccnc2c1c(=O)n(C)c(=O)n2C. The maximum atomic E-state index is 12.2. The van der Waals surface area contributed by atoms with Gasteiger partial charge in [-0.3, -0.25) is 13.9 Å². The zero-order valence-electron chi connectivity index (χ0n) is 11.1. The fourth-order valence-corrected chi connectivity index (χ4v) is 1.92. The molecule has 0 saturated carbocycles. The molecule has 0 amide bonds. The normalized spacial score (nSPS) is 10.9. The van der Waals surface area contributed by atoms with Crippen molar-refractivity contribution in [1.82, 2.24) is 14.1 Å². The molecule has 0 fully saturated rings. The van der Waals surface area contributed by atoms with Crippen LogP contribution in [0.1, 0.15) is 0 Å². The van der Waals surface area contributed by atoms with Gasteiger partial charge in [0.2, 0.25) is 0 Å². The van der Waals surface area contributed by atoms with E-state index < -0.39 is 0 Å². The van der Waals surface area contributed by atoms with E-state index in [4.69, 9.17) is 4.74 Å². The lowest BCUT2D eigenvalue weighted by molar-refractivity contribution is 0.211. The number of aromatic nitrogens is 3. The van der Waals surface area contributed by atoms with Crippen molar-refractivity contribution in [3.05, 3.63) is 33.1 Å². The van der Waals surface area contributed by atoms with E-state index in [1.807, 2.05) is 0 Å². The van der Waals surface area contributed by atoms with Crippen LogP contribution in [0.3, 0.4) is 0 Å². The molecule has 0 aliphatic carbocycles. The Kier molecular flexibility index (Phi) is 3.66. The lowest BCUT2D eigenvalue weighted by atomic mass is 10.2. The second-order valence-electron chi connectivity index (χ2n) is 4.18. The minimum atomic E-state index is -0.390. The van der Waals surface area contributed by atoms with Crippen molar-refractivity contribution in [2.24, 2.45) is 14.1 Å². The van der Waals surface area contributed by atoms with E-state index in [9.17, 15) is 9.59 Å². The number of nitrogens with one attached hydrogen (secondary N) is 1. The molecule has 0 radical (unpaired) electrons. The summed E-state index contributed by atoms with van der Waals surface area (Å²) in [5.74, 6) is 0. The standard InChI is InChI=1S/C12H16N4O3/c1-15-10-9(11(17)16(2)12(15)18)8(4-5-14-10)13-6-7-19-3/h4-5H,6-7H2,1-3H3,(H,13,14). The summed E-state index contributed by atoms with van der Waals surface area (Å²) < 4.78 is 7.39. The third kappa shape index (κ3) is 2.24. The summed E-state index contributed by atoms with van der Waals surface area (Å²) in [6, 6.07) is 1.71. The Morgan fingerprint density at radius 2 is 2.05 bits per heavy atom. The van der Waals surface area contributed by atoms with Crippen molar-refractivity contribution in [1.29, 1.82) is 0 Å². The zero-order chi connectivity index (χ0) is 14.0. The van der Waals surface area contributed by atoms with Gasteiger partial charge < -0.3 is 10.1 Å². The first kappa shape index (κ1) is 13.3. The van der Waals surface area contributed by atoms with Crippen LogP contribution in [0.25, 0.3) is 11.0 Å². The van der Waals surface area contributed by atoms with Gasteiger partial charge in [0.15, 0.2) is 5.65 Å². The Labute approximate surface area is 109 Å². The highest BCUT2D eigenvalue weighted by atomic mass is 16.5. The Balaban J connectivity index is 2.68. The summed E-state index contributed by atoms with van der Waals surface area (Å²) in [5.41, 5.74) is 0.277. The Bertz CT molecular complexity index is 717. The third-order valence-electron chi connectivity index (χ3n) is 2.96. The van der Waals surface area contributed by atoms with E-state index in [0.29, 0.717) is 29.9 Å². The maximum absolute atomic E-state index is 12.2. The highest BCUT2D eigenvalue weighted by molar-refractivity contribution is 5.87. The molecule has 19 heavy (non-hydrogen) atoms. The summed E-state index contributed by atoms with van der Waals surface area (Å²) in [5, 5.41) is 3.52. The molecular formula is C12H16N4O3. The molecule has 2 aromatic heterocycles. The molecule has 1 N–H and O–H groups in total. The Morgan fingerprint density at radius 3 is 2.74 bits per heavy atom. The second kappa shape index (κ2) is 5.23. The van der Waals surface area contributed by atoms with E-state index in [1.54, 1.807) is 26.4 Å². The Morgan fingerprint density at radius 1 is 1.32 bits per heavy atom. The number of anilines is 1. The fourth-order valence-electron chi connectivity index (χ4n) is 1.92. The van der Waals surface area contributed by atoms with Crippen molar-refractivity contribution in [3.8, 4) is 0 Å². The topological polar surface area (TPSA) is 78.2 Å². The van der Waals surface area contributed by atoms with Crippen LogP contribution in [0, 0.1) is 0 Å². The highest BCUT2D eigenvalue weighted by Crippen LogP contribution is 2.15. The van der Waals surface area contributed by atoms with Crippen LogP contribution in [-0.4, -0.2) is 34.4 Å². The van der Waals surface area contributed by atoms with E-state index in [1.165, 1.54) is 11.6 Å². The third-order valence-corrected chi connectivity index (χ3v) is 2.96. The molecule has 0 atom stereocenters. The van der Waals surface area contributed by atoms with E-state index in [2.05, 4.69) is 10.3 Å². The van der Waals surface area contributed by atoms with Gasteiger partial charge in [0, 0.05) is 33.9 Å². The Hall–Kier alpha value is -2.15. The molecule has 0 aliphatic rings. The van der Waals surface area contributed by atoms with Gasteiger partial charge in [0.05, 0.1) is 12.3 Å². The number of aryl methyl sites for hydroxylation is 1. The number of hydrogen-bond donors (Lipinski definition) is 1. The van der Waals surface area contributed by atoms with Crippen molar-refractivity contribution < 1.29 is 4.74 Å². The predicted octanol–water partition coefficient (Wildman–Crippen LogP) is -0.310. The molecule has 2 rings (SSSR count). The molecule has 7 nitrogen and oxygen atoms in total. The van der Waals surface area contributed by atoms with Gasteiger partial charge in [0.25, 0.3) is 5.56 Å². The fraction of sp³-hybridized carbons (Fsp3) is 0.417. The first-order valence-electron chi connectivity index (χ1n) is 5.85. The highest BCUT2D eigenvalue weighted by Gasteiger charge is 2.12. The van der Waals surface area contributed by atoms with Crippen LogP contribution in [0.15, 0.2) is 21.9 Å². The van der Waals surface area contributed by atoms with Crippen molar-refractivity contribution in [2.75, 3.05) is 25.6 Å². The summed E-state index contributed by atoms with van der Waals surface area (Å²) in [7, 11) is 4.65. The molecule has 0 saturated heterocycles. The summed E-state index contributed by atoms with van der Waals surface area (Å²) in [6.07, 6.45) is 1.57. The molecule has 0 unspecified atom stereocenters. The van der Waals surface area contributed by atoms with Crippen molar-refractivity contribution in [3.63, 3.8) is 0 Å². The lowest BCUT2D eigenvalue weighted by Crippen LogP contribution is -2.37. The minimum absolute atomic E-state index is 0.355. The average Bonchev–Trinajstić information content (AvgIpc) is 2.43. The van der Waals surface area contributed by atoms with Gasteiger partial charge in [-0.1, -0.05) is 0 Å². The van der Waals surface area contributed by atoms with Crippen molar-refractivity contribution >= 4 is 16.7 Å². The molecule has 0 aromatic carbocycles. The van der Waals surface area contributed by atoms with E-state index in [-0.39, 0.29) is 11.2 Å². The minimum Gasteiger partial charge on any atom is -0.383 e. The molecule has 0 bridgehead atoms. The van der Waals surface area contributed by atoms with Gasteiger partial charge in [-0.15, -0.1) is 0 Å². The average molecular weight is 264 g/mol. The molecule has 2 aromatic rings. The van der Waals surface area contributed by atoms with E-state index >= 15 is 0 Å². The quantitative estimate of drug-likeness (QED) is 0.766. The number of hydrogen-bond acceptors (Lipinski definition) is 5.